The molecule has 8 heteroatoms. The van der Waals surface area contributed by atoms with Gasteiger partial charge in [0.25, 0.3) is 5.91 Å². The van der Waals surface area contributed by atoms with Gasteiger partial charge in [0.05, 0.1) is 24.1 Å². The van der Waals surface area contributed by atoms with Gasteiger partial charge in [-0.25, -0.2) is 4.98 Å². The summed E-state index contributed by atoms with van der Waals surface area (Å²) >= 11 is 0. The fourth-order valence-electron chi connectivity index (χ4n) is 6.09. The van der Waals surface area contributed by atoms with E-state index < -0.39 is 0 Å². The highest BCUT2D eigenvalue weighted by molar-refractivity contribution is 5.93. The standard InChI is InChI=1S/C30H34N6O2/c1-2-38-26-16-27(30(34-20-26)25(17-31)18-32)24-7-8-28(33-19-24)35-10-12-36(13-11-35)29(37)9-6-21-14-22-4-3-5-23(22)15-21/h7-8,16-17,19-23H,2-5,10-15,31H2,1H3. The molecule has 1 aliphatic heterocycles. The molecule has 196 valence electrons. The minimum atomic E-state index is -0.0551. The van der Waals surface area contributed by atoms with Gasteiger partial charge < -0.3 is 20.3 Å². The number of nitriles is 1. The maximum atomic E-state index is 12.7. The maximum Gasteiger partial charge on any atom is 0.298 e. The topological polar surface area (TPSA) is 108 Å². The fourth-order valence-corrected chi connectivity index (χ4v) is 6.09. The zero-order valence-corrected chi connectivity index (χ0v) is 21.9. The Labute approximate surface area is 224 Å². The van der Waals surface area contributed by atoms with Gasteiger partial charge in [0.1, 0.15) is 17.6 Å². The van der Waals surface area contributed by atoms with Crippen molar-refractivity contribution in [2.24, 2.45) is 23.5 Å². The largest absolute Gasteiger partial charge is 0.492 e. The van der Waals surface area contributed by atoms with Crippen molar-refractivity contribution in [2.45, 2.75) is 39.0 Å². The van der Waals surface area contributed by atoms with Crippen LogP contribution in [0.1, 0.15) is 44.7 Å². The third kappa shape index (κ3) is 5.45. The van der Waals surface area contributed by atoms with E-state index in [9.17, 15) is 10.1 Å². The van der Waals surface area contributed by atoms with Crippen LogP contribution in [-0.4, -0.2) is 53.6 Å². The van der Waals surface area contributed by atoms with Crippen molar-refractivity contribution in [1.82, 2.24) is 14.9 Å². The normalized spacial score (nSPS) is 22.8. The summed E-state index contributed by atoms with van der Waals surface area (Å²) in [4.78, 5) is 25.9. The van der Waals surface area contributed by atoms with Gasteiger partial charge >= 0.3 is 0 Å². The molecule has 2 aromatic rings. The van der Waals surface area contributed by atoms with Crippen LogP contribution in [0.25, 0.3) is 16.7 Å². The van der Waals surface area contributed by atoms with E-state index in [1.165, 1.54) is 38.3 Å². The van der Waals surface area contributed by atoms with Crippen molar-refractivity contribution in [3.63, 3.8) is 0 Å². The summed E-state index contributed by atoms with van der Waals surface area (Å²) in [5.74, 6) is 9.72. The van der Waals surface area contributed by atoms with Gasteiger partial charge in [-0.15, -0.1) is 0 Å². The molecule has 1 saturated heterocycles. The van der Waals surface area contributed by atoms with E-state index in [1.54, 1.807) is 12.4 Å². The third-order valence-electron chi connectivity index (χ3n) is 8.04. The highest BCUT2D eigenvalue weighted by Gasteiger charge is 2.36. The number of fused-ring (bicyclic) bond motifs is 1. The van der Waals surface area contributed by atoms with Gasteiger partial charge in [-0.2, -0.15) is 5.26 Å². The minimum absolute atomic E-state index is 0.0551. The summed E-state index contributed by atoms with van der Waals surface area (Å²) in [6.07, 6.45) is 11.0. The van der Waals surface area contributed by atoms with Crippen LogP contribution in [-0.2, 0) is 4.79 Å². The van der Waals surface area contributed by atoms with E-state index in [1.807, 2.05) is 30.0 Å². The lowest BCUT2D eigenvalue weighted by Gasteiger charge is -2.34. The van der Waals surface area contributed by atoms with Gasteiger partial charge in [0, 0.05) is 55.6 Å². The van der Waals surface area contributed by atoms with Crippen molar-refractivity contribution in [1.29, 1.82) is 5.26 Å². The van der Waals surface area contributed by atoms with Crippen molar-refractivity contribution in [3.8, 4) is 34.8 Å². The number of nitrogens with zero attached hydrogens (tertiary/aromatic N) is 5. The molecular weight excluding hydrogens is 476 g/mol. The Hall–Kier alpha value is -4.04. The molecule has 8 nitrogen and oxygen atoms in total. The number of amides is 1. The smallest absolute Gasteiger partial charge is 0.298 e. The van der Waals surface area contributed by atoms with Gasteiger partial charge in [-0.05, 0) is 55.7 Å². The molecule has 3 aliphatic rings. The van der Waals surface area contributed by atoms with Crippen LogP contribution < -0.4 is 15.4 Å². The second-order valence-corrected chi connectivity index (χ2v) is 10.3. The number of aromatic nitrogens is 2. The first-order chi connectivity index (χ1) is 18.6. The molecule has 5 rings (SSSR count). The van der Waals surface area contributed by atoms with Crippen molar-refractivity contribution in [3.05, 3.63) is 42.5 Å². The lowest BCUT2D eigenvalue weighted by Crippen LogP contribution is -2.48. The summed E-state index contributed by atoms with van der Waals surface area (Å²) in [6.45, 7) is 5.08. The van der Waals surface area contributed by atoms with Gasteiger partial charge in [-0.1, -0.05) is 25.2 Å². The van der Waals surface area contributed by atoms with Crippen molar-refractivity contribution in [2.75, 3.05) is 37.7 Å². The molecule has 2 saturated carbocycles. The average Bonchev–Trinajstić information content (AvgIpc) is 3.56. The van der Waals surface area contributed by atoms with Crippen LogP contribution in [0.5, 0.6) is 5.75 Å². The summed E-state index contributed by atoms with van der Waals surface area (Å²) in [5, 5.41) is 9.49. The number of allylic oxidation sites excluding steroid dienone is 1. The van der Waals surface area contributed by atoms with Gasteiger partial charge in [0.2, 0.25) is 0 Å². The van der Waals surface area contributed by atoms with Crippen LogP contribution in [0.4, 0.5) is 5.82 Å². The number of pyridine rings is 2. The molecule has 2 aliphatic carbocycles. The Morgan fingerprint density at radius 1 is 1.16 bits per heavy atom. The number of rotatable bonds is 5. The fraction of sp³-hybridized carbons (Fsp3) is 0.467. The Morgan fingerprint density at radius 2 is 1.92 bits per heavy atom. The molecule has 2 N–H and O–H groups in total. The Balaban J connectivity index is 1.22. The number of anilines is 1. The van der Waals surface area contributed by atoms with Crippen LogP contribution in [0.15, 0.2) is 36.8 Å². The minimum Gasteiger partial charge on any atom is -0.492 e. The number of carbonyl (C=O) groups is 1. The highest BCUT2D eigenvalue weighted by atomic mass is 16.5. The second kappa shape index (κ2) is 11.6. The van der Waals surface area contributed by atoms with Gasteiger partial charge in [0.15, 0.2) is 0 Å². The first-order valence-electron chi connectivity index (χ1n) is 13.6. The van der Waals surface area contributed by atoms with E-state index >= 15 is 0 Å². The second-order valence-electron chi connectivity index (χ2n) is 10.3. The Bertz CT molecular complexity index is 1280. The molecule has 3 fully saturated rings. The first-order valence-corrected chi connectivity index (χ1v) is 13.6. The van der Waals surface area contributed by atoms with E-state index in [0.29, 0.717) is 50.1 Å². The number of nitrogens with two attached hydrogens (primary N) is 1. The van der Waals surface area contributed by atoms with Crippen LogP contribution in [0, 0.1) is 40.9 Å². The molecule has 0 bridgehead atoms. The predicted octanol–water partition coefficient (Wildman–Crippen LogP) is 3.84. The lowest BCUT2D eigenvalue weighted by atomic mass is 10.0. The Kier molecular flexibility index (Phi) is 7.79. The molecule has 2 atom stereocenters. The number of hydrogen-bond acceptors (Lipinski definition) is 7. The molecule has 3 heterocycles. The van der Waals surface area contributed by atoms with Crippen LogP contribution >= 0.6 is 0 Å². The zero-order chi connectivity index (χ0) is 26.5. The number of ether oxygens (including phenoxy) is 1. The quantitative estimate of drug-likeness (QED) is 0.481. The van der Waals surface area contributed by atoms with E-state index in [4.69, 9.17) is 10.5 Å². The molecule has 38 heavy (non-hydrogen) atoms. The molecule has 1 amide bonds. The third-order valence-corrected chi connectivity index (χ3v) is 8.04. The lowest BCUT2D eigenvalue weighted by molar-refractivity contribution is -0.125. The highest BCUT2D eigenvalue weighted by Crippen LogP contribution is 2.46. The summed E-state index contributed by atoms with van der Waals surface area (Å²) in [7, 11) is 0. The van der Waals surface area contributed by atoms with Crippen molar-refractivity contribution < 1.29 is 9.53 Å². The average molecular weight is 511 g/mol. The van der Waals surface area contributed by atoms with Crippen LogP contribution in [0.3, 0.4) is 0 Å². The maximum absolute atomic E-state index is 12.7. The van der Waals surface area contributed by atoms with E-state index in [-0.39, 0.29) is 11.5 Å². The number of carbonyl (C=O) groups excluding carboxylic acids is 1. The molecule has 2 unspecified atom stereocenters. The predicted molar refractivity (Wildman–Crippen MR) is 147 cm³/mol. The first kappa shape index (κ1) is 25.6. The summed E-state index contributed by atoms with van der Waals surface area (Å²) in [5.41, 5.74) is 7.98. The van der Waals surface area contributed by atoms with E-state index in [2.05, 4.69) is 32.8 Å². The molecule has 0 aromatic carbocycles. The monoisotopic (exact) mass is 510 g/mol. The SMILES string of the molecule is CCOc1cnc(C(C#N)=CN)c(-c2ccc(N3CCN(C(=O)C#CC4CC5CCCC5C4)CC3)nc2)c1. The van der Waals surface area contributed by atoms with Crippen LogP contribution in [0.2, 0.25) is 0 Å². The van der Waals surface area contributed by atoms with Gasteiger partial charge in [-0.3, -0.25) is 9.78 Å². The number of piperazine rings is 1. The summed E-state index contributed by atoms with van der Waals surface area (Å²) in [6, 6.07) is 7.88. The van der Waals surface area contributed by atoms with E-state index in [0.717, 1.165) is 28.8 Å². The Morgan fingerprint density at radius 3 is 2.55 bits per heavy atom. The van der Waals surface area contributed by atoms with Crippen molar-refractivity contribution >= 4 is 17.3 Å². The molecular formula is C30H34N6O2. The number of hydrogen-bond donors (Lipinski definition) is 1. The molecule has 0 radical (unpaired) electrons. The molecule has 0 spiro atoms. The summed E-state index contributed by atoms with van der Waals surface area (Å²) < 4.78 is 5.61. The zero-order valence-electron chi connectivity index (χ0n) is 21.9. The molecule has 2 aromatic heterocycles.